The van der Waals surface area contributed by atoms with E-state index in [2.05, 4.69) is 10.3 Å². The van der Waals surface area contributed by atoms with Gasteiger partial charge >= 0.3 is 11.9 Å². The van der Waals surface area contributed by atoms with Crippen LogP contribution in [0, 0.1) is 0 Å². The monoisotopic (exact) mass is 154 g/mol. The Labute approximate surface area is 62.0 Å². The normalized spacial score (nSPS) is 9.09. The van der Waals surface area contributed by atoms with Gasteiger partial charge in [0.1, 0.15) is 5.82 Å². The number of carboxylic acid groups (broad SMARTS) is 1. The predicted molar refractivity (Wildman–Crippen MR) is 37.1 cm³/mol. The van der Waals surface area contributed by atoms with Crippen molar-refractivity contribution in [3.05, 3.63) is 18.3 Å². The summed E-state index contributed by atoms with van der Waals surface area (Å²) >= 11 is 0. The van der Waals surface area contributed by atoms with Crippen molar-refractivity contribution in [3.8, 4) is 0 Å². The maximum absolute atomic E-state index is 10.5. The van der Waals surface area contributed by atoms with E-state index in [0.29, 0.717) is 5.82 Å². The van der Waals surface area contributed by atoms with Gasteiger partial charge in [0, 0.05) is 6.20 Å². The van der Waals surface area contributed by atoms with Gasteiger partial charge in [-0.1, -0.05) is 0 Å². The second-order valence-corrected chi connectivity index (χ2v) is 1.84. The van der Waals surface area contributed by atoms with Gasteiger partial charge in [0.05, 0.1) is 0 Å². The zero-order chi connectivity index (χ0) is 8.27. The van der Waals surface area contributed by atoms with Crippen LogP contribution in [0.25, 0.3) is 0 Å². The summed E-state index contributed by atoms with van der Waals surface area (Å²) in [6.07, 6.45) is 1.58. The molecule has 0 saturated heterocycles. The summed E-state index contributed by atoms with van der Waals surface area (Å²) in [6, 6.07) is 3.21. The number of hydrogen-bond donors (Lipinski definition) is 3. The lowest BCUT2D eigenvalue weighted by molar-refractivity contribution is -0.147. The van der Waals surface area contributed by atoms with Gasteiger partial charge in [-0.2, -0.15) is 0 Å². The highest BCUT2D eigenvalue weighted by Crippen LogP contribution is 1.99. The number of aliphatic carboxylic acids is 1. The van der Waals surface area contributed by atoms with E-state index in [4.69, 9.17) is 5.11 Å². The first kappa shape index (κ1) is 7.33. The Hall–Kier alpha value is -1.78. The van der Waals surface area contributed by atoms with Gasteiger partial charge in [0.25, 0.3) is 0 Å². The summed E-state index contributed by atoms with van der Waals surface area (Å²) in [7, 11) is 0. The van der Waals surface area contributed by atoms with Gasteiger partial charge in [-0.05, 0) is 12.1 Å². The number of H-pyrrole nitrogens is 1. The fraction of sp³-hybridized carbons (Fsp3) is 0. The molecular formula is C6H6N2O3. The first-order chi connectivity index (χ1) is 5.20. The van der Waals surface area contributed by atoms with Crippen LogP contribution in [-0.4, -0.2) is 22.0 Å². The Morgan fingerprint density at radius 2 is 2.27 bits per heavy atom. The highest BCUT2D eigenvalue weighted by molar-refractivity contribution is 6.36. The van der Waals surface area contributed by atoms with Crippen LogP contribution >= 0.6 is 0 Å². The van der Waals surface area contributed by atoms with Crippen LogP contribution in [-0.2, 0) is 9.59 Å². The van der Waals surface area contributed by atoms with Gasteiger partial charge < -0.3 is 15.4 Å². The summed E-state index contributed by atoms with van der Waals surface area (Å²) in [4.78, 5) is 23.1. The summed E-state index contributed by atoms with van der Waals surface area (Å²) in [5, 5.41) is 10.3. The van der Waals surface area contributed by atoms with Crippen molar-refractivity contribution in [1.82, 2.24) is 4.98 Å². The average Bonchev–Trinajstić information content (AvgIpc) is 2.39. The largest absolute Gasteiger partial charge is 0.474 e. The SMILES string of the molecule is O=C(O)C(=O)Nc1ccc[nH]1. The highest BCUT2D eigenvalue weighted by Gasteiger charge is 2.10. The molecular weight excluding hydrogens is 148 g/mol. The number of anilines is 1. The molecule has 0 aliphatic heterocycles. The number of carboxylic acids is 1. The van der Waals surface area contributed by atoms with Crippen molar-refractivity contribution < 1.29 is 14.7 Å². The van der Waals surface area contributed by atoms with Crippen molar-refractivity contribution in [2.45, 2.75) is 0 Å². The molecule has 5 nitrogen and oxygen atoms in total. The third-order valence-corrected chi connectivity index (χ3v) is 1.04. The molecule has 1 amide bonds. The average molecular weight is 154 g/mol. The number of aromatic nitrogens is 1. The minimum atomic E-state index is -1.50. The Kier molecular flexibility index (Phi) is 1.91. The number of nitrogens with one attached hydrogen (secondary N) is 2. The van der Waals surface area contributed by atoms with Gasteiger partial charge in [0.2, 0.25) is 0 Å². The molecule has 0 unspecified atom stereocenters. The third-order valence-electron chi connectivity index (χ3n) is 1.04. The molecule has 1 aromatic heterocycles. The summed E-state index contributed by atoms with van der Waals surface area (Å²) in [5.41, 5.74) is 0. The van der Waals surface area contributed by atoms with Crippen molar-refractivity contribution in [2.75, 3.05) is 5.32 Å². The standard InChI is InChI=1S/C6H6N2O3/c9-5(6(10)11)8-4-2-1-3-7-4/h1-3,7H,(H,8,9)(H,10,11). The first-order valence-electron chi connectivity index (χ1n) is 2.88. The maximum Gasteiger partial charge on any atom is 0.394 e. The van der Waals surface area contributed by atoms with Gasteiger partial charge in [-0.25, -0.2) is 4.79 Å². The van der Waals surface area contributed by atoms with Crippen LogP contribution < -0.4 is 5.32 Å². The predicted octanol–water partition coefficient (Wildman–Crippen LogP) is 0.0378. The highest BCUT2D eigenvalue weighted by atomic mass is 16.4. The number of hydrogen-bond acceptors (Lipinski definition) is 2. The van der Waals surface area contributed by atoms with Crippen LogP contribution in [0.3, 0.4) is 0 Å². The molecule has 0 aromatic carbocycles. The molecule has 0 atom stereocenters. The van der Waals surface area contributed by atoms with Gasteiger partial charge in [-0.15, -0.1) is 0 Å². The van der Waals surface area contributed by atoms with Gasteiger partial charge in [0.15, 0.2) is 0 Å². The van der Waals surface area contributed by atoms with E-state index >= 15 is 0 Å². The minimum absolute atomic E-state index is 0.373. The number of rotatable bonds is 1. The van der Waals surface area contributed by atoms with Crippen LogP contribution in [0.4, 0.5) is 5.82 Å². The Morgan fingerprint density at radius 1 is 1.55 bits per heavy atom. The molecule has 3 N–H and O–H groups in total. The molecule has 1 rings (SSSR count). The molecule has 1 heterocycles. The summed E-state index contributed by atoms with van der Waals surface area (Å²) < 4.78 is 0. The molecule has 0 aliphatic carbocycles. The number of aromatic amines is 1. The fourth-order valence-corrected chi connectivity index (χ4v) is 0.584. The van der Waals surface area contributed by atoms with E-state index in [1.807, 2.05) is 0 Å². The van der Waals surface area contributed by atoms with Crippen molar-refractivity contribution >= 4 is 17.7 Å². The van der Waals surface area contributed by atoms with Crippen molar-refractivity contribution in [1.29, 1.82) is 0 Å². The topological polar surface area (TPSA) is 82.2 Å². The zero-order valence-corrected chi connectivity index (χ0v) is 5.50. The molecule has 0 spiro atoms. The molecule has 0 bridgehead atoms. The Bertz CT molecular complexity index is 265. The van der Waals surface area contributed by atoms with Crippen LogP contribution in [0.15, 0.2) is 18.3 Å². The molecule has 1 aromatic rings. The molecule has 11 heavy (non-hydrogen) atoms. The number of carbonyl (C=O) groups is 2. The lowest BCUT2D eigenvalue weighted by atomic mass is 10.5. The van der Waals surface area contributed by atoms with Crippen LogP contribution in [0.1, 0.15) is 0 Å². The lowest BCUT2D eigenvalue weighted by Crippen LogP contribution is -2.21. The van der Waals surface area contributed by atoms with E-state index in [9.17, 15) is 9.59 Å². The van der Waals surface area contributed by atoms with E-state index in [1.54, 1.807) is 18.3 Å². The van der Waals surface area contributed by atoms with E-state index in [1.165, 1.54) is 0 Å². The molecule has 5 heteroatoms. The van der Waals surface area contributed by atoms with E-state index in [-0.39, 0.29) is 0 Å². The van der Waals surface area contributed by atoms with Crippen molar-refractivity contribution in [2.24, 2.45) is 0 Å². The van der Waals surface area contributed by atoms with Gasteiger partial charge in [-0.3, -0.25) is 4.79 Å². The van der Waals surface area contributed by atoms with E-state index in [0.717, 1.165) is 0 Å². The lowest BCUT2D eigenvalue weighted by Gasteiger charge is -1.95. The maximum atomic E-state index is 10.5. The fourth-order valence-electron chi connectivity index (χ4n) is 0.584. The molecule has 0 saturated carbocycles. The number of amides is 1. The summed E-state index contributed by atoms with van der Waals surface area (Å²) in [5.74, 6) is -2.18. The second-order valence-electron chi connectivity index (χ2n) is 1.84. The van der Waals surface area contributed by atoms with E-state index < -0.39 is 11.9 Å². The zero-order valence-electron chi connectivity index (χ0n) is 5.50. The van der Waals surface area contributed by atoms with Crippen LogP contribution in [0.2, 0.25) is 0 Å². The molecule has 0 fully saturated rings. The molecule has 0 radical (unpaired) electrons. The Balaban J connectivity index is 2.57. The molecule has 58 valence electrons. The Morgan fingerprint density at radius 3 is 2.73 bits per heavy atom. The first-order valence-corrected chi connectivity index (χ1v) is 2.88. The second kappa shape index (κ2) is 2.87. The minimum Gasteiger partial charge on any atom is -0.474 e. The van der Waals surface area contributed by atoms with Crippen LogP contribution in [0.5, 0.6) is 0 Å². The third kappa shape index (κ3) is 1.82. The van der Waals surface area contributed by atoms with Crippen molar-refractivity contribution in [3.63, 3.8) is 0 Å². The molecule has 0 aliphatic rings. The summed E-state index contributed by atoms with van der Waals surface area (Å²) in [6.45, 7) is 0. The number of carbonyl (C=O) groups excluding carboxylic acids is 1. The quantitative estimate of drug-likeness (QED) is 0.499. The smallest absolute Gasteiger partial charge is 0.394 e.